The van der Waals surface area contributed by atoms with Crippen LogP contribution in [0.2, 0.25) is 0 Å². The topological polar surface area (TPSA) is 66.7 Å². The van der Waals surface area contributed by atoms with Crippen LogP contribution in [0.5, 0.6) is 0 Å². The van der Waals surface area contributed by atoms with Gasteiger partial charge in [-0.25, -0.2) is 14.8 Å². The van der Waals surface area contributed by atoms with E-state index in [9.17, 15) is 4.79 Å². The Morgan fingerprint density at radius 2 is 1.71 bits per heavy atom. The summed E-state index contributed by atoms with van der Waals surface area (Å²) in [4.78, 5) is 25.2. The number of hydrogen-bond donors (Lipinski definition) is 0. The third-order valence-electron chi connectivity index (χ3n) is 5.50. The van der Waals surface area contributed by atoms with Gasteiger partial charge in [-0.3, -0.25) is 0 Å². The van der Waals surface area contributed by atoms with Gasteiger partial charge in [0.15, 0.2) is 0 Å². The van der Waals surface area contributed by atoms with E-state index in [4.69, 9.17) is 9.47 Å². The molecule has 7 heteroatoms. The molecule has 7 nitrogen and oxygen atoms in total. The number of amides is 1. The Morgan fingerprint density at radius 1 is 1.10 bits per heavy atom. The van der Waals surface area contributed by atoms with Crippen molar-refractivity contribution in [3.05, 3.63) is 36.4 Å². The van der Waals surface area contributed by atoms with E-state index in [2.05, 4.69) is 40.3 Å². The maximum Gasteiger partial charge on any atom is 0.410 e. The summed E-state index contributed by atoms with van der Waals surface area (Å²) in [5.41, 5.74) is 2.33. The van der Waals surface area contributed by atoms with Crippen molar-refractivity contribution in [2.45, 2.75) is 39.2 Å². The second-order valence-electron chi connectivity index (χ2n) is 8.96. The van der Waals surface area contributed by atoms with Crippen molar-refractivity contribution in [3.8, 4) is 0 Å². The molecule has 2 aliphatic heterocycles. The number of rotatable bonds is 4. The van der Waals surface area contributed by atoms with Gasteiger partial charge in [0.2, 0.25) is 0 Å². The molecule has 0 unspecified atom stereocenters. The molecule has 0 N–H and O–H groups in total. The third kappa shape index (κ3) is 6.40. The van der Waals surface area contributed by atoms with E-state index < -0.39 is 5.60 Å². The molecule has 0 aliphatic carbocycles. The van der Waals surface area contributed by atoms with Crippen LogP contribution in [-0.4, -0.2) is 68.5 Å². The van der Waals surface area contributed by atoms with Gasteiger partial charge in [0.25, 0.3) is 0 Å². The fraction of sp³-hybridized carbons (Fsp3) is 0.542. The molecular formula is C24H34N4O3. The first-order valence-corrected chi connectivity index (χ1v) is 10.9. The van der Waals surface area contributed by atoms with Crippen LogP contribution in [0.15, 0.2) is 40.8 Å². The Balaban J connectivity index is 1.59. The van der Waals surface area contributed by atoms with Crippen molar-refractivity contribution in [1.82, 2.24) is 4.90 Å². The van der Waals surface area contributed by atoms with Crippen molar-refractivity contribution in [2.24, 2.45) is 15.9 Å². The first-order valence-electron chi connectivity index (χ1n) is 10.9. The number of benzene rings is 1. The molecule has 0 bridgehead atoms. The smallest absolute Gasteiger partial charge is 0.410 e. The van der Waals surface area contributed by atoms with Crippen molar-refractivity contribution >= 4 is 30.0 Å². The predicted octanol–water partition coefficient (Wildman–Crippen LogP) is 4.24. The predicted molar refractivity (Wildman–Crippen MR) is 126 cm³/mol. The molecule has 0 aromatic heterocycles. The lowest BCUT2D eigenvalue weighted by Crippen LogP contribution is -2.42. The number of amidine groups is 1. The monoisotopic (exact) mass is 426 g/mol. The molecular weight excluding hydrogens is 392 g/mol. The molecule has 0 radical (unpaired) electrons. The minimum atomic E-state index is -0.488. The summed E-state index contributed by atoms with van der Waals surface area (Å²) in [7, 11) is 0. The highest BCUT2D eigenvalue weighted by atomic mass is 16.6. The Labute approximate surface area is 185 Å². The summed E-state index contributed by atoms with van der Waals surface area (Å²) in [5, 5.41) is 0. The summed E-state index contributed by atoms with van der Waals surface area (Å²) in [6, 6.07) is 8.29. The summed E-state index contributed by atoms with van der Waals surface area (Å²) in [6.07, 6.45) is 1.29. The lowest BCUT2D eigenvalue weighted by Gasteiger charge is -2.33. The lowest BCUT2D eigenvalue weighted by atomic mass is 9.95. The number of aliphatic imine (C=N–C) groups is 2. The quantitative estimate of drug-likeness (QED) is 0.534. The van der Waals surface area contributed by atoms with E-state index in [-0.39, 0.29) is 12.0 Å². The third-order valence-corrected chi connectivity index (χ3v) is 5.50. The van der Waals surface area contributed by atoms with Gasteiger partial charge in [-0.05, 0) is 58.0 Å². The minimum absolute atomic E-state index is 0.153. The fourth-order valence-corrected chi connectivity index (χ4v) is 3.79. The zero-order valence-corrected chi connectivity index (χ0v) is 19.0. The van der Waals surface area contributed by atoms with E-state index >= 15 is 0 Å². The molecule has 2 aliphatic rings. The van der Waals surface area contributed by atoms with Gasteiger partial charge in [0.1, 0.15) is 11.4 Å². The molecule has 1 aromatic carbocycles. The Kier molecular flexibility index (Phi) is 7.49. The van der Waals surface area contributed by atoms with E-state index in [1.165, 1.54) is 5.69 Å². The number of hydrogen-bond acceptors (Lipinski definition) is 5. The number of ether oxygens (including phenoxy) is 2. The van der Waals surface area contributed by atoms with Gasteiger partial charge < -0.3 is 19.3 Å². The second-order valence-corrected chi connectivity index (χ2v) is 8.96. The number of carbonyl (C=O) groups excluding carboxylic acids is 1. The van der Waals surface area contributed by atoms with Gasteiger partial charge >= 0.3 is 6.09 Å². The van der Waals surface area contributed by atoms with Gasteiger partial charge in [0.05, 0.1) is 18.9 Å². The van der Waals surface area contributed by atoms with Crippen molar-refractivity contribution in [2.75, 3.05) is 44.3 Å². The normalized spacial score (nSPS) is 18.6. The van der Waals surface area contributed by atoms with Crippen LogP contribution in [0.1, 0.15) is 39.2 Å². The molecule has 0 atom stereocenters. The molecule has 31 heavy (non-hydrogen) atoms. The van der Waals surface area contributed by atoms with Gasteiger partial charge in [-0.15, -0.1) is 0 Å². The standard InChI is InChI=1S/C24H34N4O3/c1-18(19-6-8-21(9-7-19)27-14-16-30-17-15-27)26-22(25-5)20-10-12-28(13-11-20)23(29)31-24(2,3)4/h6-9,20H,1,5,10-17H2,2-4H3. The van der Waals surface area contributed by atoms with Crippen LogP contribution in [-0.2, 0) is 9.47 Å². The van der Waals surface area contributed by atoms with Crippen LogP contribution in [0.3, 0.4) is 0 Å². The second kappa shape index (κ2) is 10.1. The number of morpholine rings is 1. The van der Waals surface area contributed by atoms with Crippen LogP contribution >= 0.6 is 0 Å². The summed E-state index contributed by atoms with van der Waals surface area (Å²) < 4.78 is 10.9. The van der Waals surface area contributed by atoms with Gasteiger partial charge in [-0.2, -0.15) is 0 Å². The molecule has 2 fully saturated rings. The number of nitrogens with zero attached hydrogens (tertiary/aromatic N) is 4. The van der Waals surface area contributed by atoms with Crippen molar-refractivity contribution in [3.63, 3.8) is 0 Å². The van der Waals surface area contributed by atoms with E-state index in [1.54, 1.807) is 4.90 Å². The van der Waals surface area contributed by atoms with E-state index in [1.807, 2.05) is 32.9 Å². The first-order chi connectivity index (χ1) is 14.8. The zero-order valence-electron chi connectivity index (χ0n) is 19.0. The largest absolute Gasteiger partial charge is 0.444 e. The average Bonchev–Trinajstić information content (AvgIpc) is 2.77. The maximum absolute atomic E-state index is 12.3. The fourth-order valence-electron chi connectivity index (χ4n) is 3.79. The molecule has 1 amide bonds. The number of piperidine rings is 1. The SMILES string of the molecule is C=NC(=NC(=C)c1ccc(N2CCOCC2)cc1)C1CCN(C(=O)OC(C)(C)C)CC1. The summed E-state index contributed by atoms with van der Waals surface area (Å²) in [6.45, 7) is 18.1. The maximum atomic E-state index is 12.3. The van der Waals surface area contributed by atoms with Crippen molar-refractivity contribution < 1.29 is 14.3 Å². The number of anilines is 1. The highest BCUT2D eigenvalue weighted by Crippen LogP contribution is 2.25. The van der Waals surface area contributed by atoms with Crippen LogP contribution in [0, 0.1) is 5.92 Å². The first kappa shape index (κ1) is 23.0. The molecule has 3 rings (SSSR count). The molecule has 2 saturated heterocycles. The number of likely N-dealkylation sites (tertiary alicyclic amines) is 1. The van der Waals surface area contributed by atoms with Crippen LogP contribution < -0.4 is 4.90 Å². The van der Waals surface area contributed by atoms with Crippen LogP contribution in [0.25, 0.3) is 5.70 Å². The van der Waals surface area contributed by atoms with E-state index in [0.29, 0.717) is 24.6 Å². The Morgan fingerprint density at radius 3 is 2.26 bits per heavy atom. The zero-order chi connectivity index (χ0) is 22.4. The molecule has 168 valence electrons. The van der Waals surface area contributed by atoms with Gasteiger partial charge in [0, 0.05) is 37.8 Å². The van der Waals surface area contributed by atoms with Crippen molar-refractivity contribution in [1.29, 1.82) is 0 Å². The molecule has 2 heterocycles. The minimum Gasteiger partial charge on any atom is -0.444 e. The van der Waals surface area contributed by atoms with Crippen LogP contribution in [0.4, 0.5) is 10.5 Å². The Bertz CT molecular complexity index is 812. The molecule has 0 spiro atoms. The van der Waals surface area contributed by atoms with Gasteiger partial charge in [-0.1, -0.05) is 18.7 Å². The van der Waals surface area contributed by atoms with E-state index in [0.717, 1.165) is 44.7 Å². The summed E-state index contributed by atoms with van der Waals surface area (Å²) >= 11 is 0. The lowest BCUT2D eigenvalue weighted by molar-refractivity contribution is 0.0201. The number of carbonyl (C=O) groups is 1. The summed E-state index contributed by atoms with van der Waals surface area (Å²) in [5.74, 6) is 0.839. The molecule has 1 aromatic rings. The average molecular weight is 427 g/mol. The Hall–Kier alpha value is -2.67. The highest BCUT2D eigenvalue weighted by molar-refractivity contribution is 5.92. The highest BCUT2D eigenvalue weighted by Gasteiger charge is 2.29. The molecule has 0 saturated carbocycles.